The number of anilines is 1. The number of fused-ring (bicyclic) bond motifs is 2. The van der Waals surface area contributed by atoms with E-state index in [0.29, 0.717) is 22.3 Å². The number of aromatic amines is 1. The zero-order valence-electron chi connectivity index (χ0n) is 54.2. The summed E-state index contributed by atoms with van der Waals surface area (Å²) in [5.41, 5.74) is -0.374. The molecule has 2 aliphatic heterocycles. The van der Waals surface area contributed by atoms with E-state index >= 15 is 0 Å². The fourth-order valence-corrected chi connectivity index (χ4v) is 15.6. The van der Waals surface area contributed by atoms with Crippen molar-refractivity contribution >= 4 is 77.2 Å². The van der Waals surface area contributed by atoms with Crippen molar-refractivity contribution in [3.8, 4) is 11.5 Å². The lowest BCUT2D eigenvalue weighted by Crippen LogP contribution is -2.51. The first-order valence-corrected chi connectivity index (χ1v) is 39.7. The summed E-state index contributed by atoms with van der Waals surface area (Å²) in [5, 5.41) is 2.93. The molecule has 23 nitrogen and oxygen atoms in total. The molecule has 10 atom stereocenters. The van der Waals surface area contributed by atoms with Gasteiger partial charge in [0.1, 0.15) is 54.2 Å². The van der Waals surface area contributed by atoms with Crippen molar-refractivity contribution in [2.75, 3.05) is 45.9 Å². The Hall–Kier alpha value is -6.22. The molecule has 9 rings (SSSR count). The summed E-state index contributed by atoms with van der Waals surface area (Å²) in [4.78, 5) is 67.8. The second-order valence-corrected chi connectivity index (χ2v) is 39.1. The van der Waals surface area contributed by atoms with E-state index in [1.165, 1.54) is 15.5 Å². The first-order chi connectivity index (χ1) is 43.4. The number of benzene rings is 4. The van der Waals surface area contributed by atoms with Crippen molar-refractivity contribution < 1.29 is 64.9 Å². The van der Waals surface area contributed by atoms with Crippen molar-refractivity contribution in [2.45, 2.75) is 146 Å². The van der Waals surface area contributed by atoms with E-state index in [4.69, 9.17) is 74.0 Å². The zero-order valence-corrected chi connectivity index (χ0v) is 58.8. The van der Waals surface area contributed by atoms with E-state index in [9.17, 15) is 23.8 Å². The Morgan fingerprint density at radius 1 is 0.772 bits per heavy atom. The molecule has 7 aromatic rings. The molecule has 2 aliphatic rings. The molecule has 92 heavy (non-hydrogen) atoms. The molecule has 1 amide bonds. The summed E-state index contributed by atoms with van der Waals surface area (Å²) in [7, 11) is -5.97. The maximum atomic E-state index is 14.5. The standard InChI is InChI=1S/C64H81N7O16P2SSi2/c1-40(2)56(72)68-61-67-55-50(57(73)69-61)66-39-71(55)59-53(52(86-91(12,13)62(3,4)5)48(82-59)37-79-64(42-22-17-16-18-23-42,43-25-29-45(77-10)30-26-43)44-27-31-46(78-11)32-28-44)85-89(90,80-36-34-65-9)81-38-49-51(84-88(75)76)54(87-92(14,15)63(6,7)8)60(83-49)70-35-33-41-21-19-20-24-47(41)58(70)74/h16-33,35,39-40,48-49,51-54,59-60H,34,36-38H2,1-8,10-15H3,(H2-,67,68,69,72,73,75,76)/p+1/t48-,49-,51-,52-,53-,54-,59-,60-,89?/m1/s1. The fraction of sp³-hybridized carbons (Fsp3) is 0.469. The molecule has 0 saturated carbocycles. The van der Waals surface area contributed by atoms with Gasteiger partial charge in [-0.15, -0.1) is 9.42 Å². The van der Waals surface area contributed by atoms with Gasteiger partial charge in [0, 0.05) is 22.1 Å². The smallest absolute Gasteiger partial charge is 0.497 e. The number of hydrogen-bond donors (Lipinski definition) is 3. The third-order valence-corrected chi connectivity index (χ3v) is 29.3. The Balaban J connectivity index is 1.20. The van der Waals surface area contributed by atoms with Crippen LogP contribution >= 0.6 is 15.0 Å². The Labute approximate surface area is 543 Å². The number of carbonyl (C=O) groups is 1. The van der Waals surface area contributed by atoms with Gasteiger partial charge in [0.15, 0.2) is 46.4 Å². The first-order valence-electron chi connectivity index (χ1n) is 30.2. The minimum absolute atomic E-state index is 0.0162. The number of rotatable bonds is 26. The van der Waals surface area contributed by atoms with E-state index < -0.39 is 126 Å². The maximum absolute atomic E-state index is 14.5. The minimum Gasteiger partial charge on any atom is -0.497 e. The van der Waals surface area contributed by atoms with Gasteiger partial charge in [0.05, 0.1) is 33.8 Å². The molecule has 0 spiro atoms. The predicted octanol–water partition coefficient (Wildman–Crippen LogP) is 11.9. The molecular formula is C64H82N7O16P2SSi2+. The first kappa shape index (κ1) is 70.1. The zero-order chi connectivity index (χ0) is 66.7. The van der Waals surface area contributed by atoms with Crippen molar-refractivity contribution in [2.24, 2.45) is 5.92 Å². The number of imidazole rings is 1. The highest BCUT2D eigenvalue weighted by atomic mass is 32.5. The largest absolute Gasteiger partial charge is 0.695 e. The number of carbonyl (C=O) groups excluding carboxylic acids is 1. The Kier molecular flexibility index (Phi) is 21.6. The fourth-order valence-electron chi connectivity index (χ4n) is 10.5. The van der Waals surface area contributed by atoms with Crippen LogP contribution in [-0.2, 0) is 67.9 Å². The lowest BCUT2D eigenvalue weighted by molar-refractivity contribution is -0.118. The minimum atomic E-state index is -4.33. The van der Waals surface area contributed by atoms with Crippen LogP contribution in [0.25, 0.3) is 26.8 Å². The quantitative estimate of drug-likeness (QED) is 0.0150. The number of nitrogens with zero attached hydrogens (tertiary/aromatic N) is 5. The predicted molar refractivity (Wildman–Crippen MR) is 357 cm³/mol. The normalized spacial score (nSPS) is 21.5. The molecule has 2 fully saturated rings. The van der Waals surface area contributed by atoms with Crippen LogP contribution in [0.5, 0.6) is 11.5 Å². The number of nitrogens with one attached hydrogen (secondary N) is 2. The maximum Gasteiger partial charge on any atom is 0.695 e. The average molecular weight is 1360 g/mol. The molecule has 3 aromatic heterocycles. The molecule has 5 heterocycles. The topological polar surface area (TPSA) is 258 Å². The molecule has 2 unspecified atom stereocenters. The summed E-state index contributed by atoms with van der Waals surface area (Å²) < 4.78 is 90.0. The monoisotopic (exact) mass is 1350 g/mol. The molecular weight excluding hydrogens is 1270 g/mol. The van der Waals surface area contributed by atoms with Gasteiger partial charge in [-0.1, -0.05) is 128 Å². The average Bonchev–Trinajstić information content (AvgIpc) is 1.41. The highest BCUT2D eigenvalue weighted by Crippen LogP contribution is 2.57. The van der Waals surface area contributed by atoms with Gasteiger partial charge in [0.2, 0.25) is 18.4 Å². The van der Waals surface area contributed by atoms with Gasteiger partial charge in [-0.2, -0.15) is 4.98 Å². The Morgan fingerprint density at radius 3 is 1.89 bits per heavy atom. The Bertz CT molecular complexity index is 3920. The van der Waals surface area contributed by atoms with Crippen LogP contribution in [0.2, 0.25) is 36.3 Å². The number of aromatic nitrogens is 5. The molecule has 2 saturated heterocycles. The van der Waals surface area contributed by atoms with Gasteiger partial charge in [-0.3, -0.25) is 38.3 Å². The number of amides is 1. The van der Waals surface area contributed by atoms with Crippen LogP contribution in [0.1, 0.15) is 84.5 Å². The second-order valence-electron chi connectivity index (χ2n) is 26.0. The van der Waals surface area contributed by atoms with Gasteiger partial charge < -0.3 is 46.4 Å². The number of hydrogen-bond acceptors (Lipinski definition) is 18. The summed E-state index contributed by atoms with van der Waals surface area (Å²) >= 11 is 6.49. The second kappa shape index (κ2) is 28.4. The highest BCUT2D eigenvalue weighted by Gasteiger charge is 2.58. The van der Waals surface area contributed by atoms with E-state index in [-0.39, 0.29) is 36.9 Å². The summed E-state index contributed by atoms with van der Waals surface area (Å²) in [6.07, 6.45) is -7.06. The third kappa shape index (κ3) is 15.0. The van der Waals surface area contributed by atoms with Crippen LogP contribution in [0, 0.1) is 12.5 Å². The number of pyridine rings is 1. The third-order valence-electron chi connectivity index (χ3n) is 17.6. The van der Waals surface area contributed by atoms with Crippen molar-refractivity contribution in [1.29, 1.82) is 0 Å². The van der Waals surface area contributed by atoms with Crippen molar-refractivity contribution in [1.82, 2.24) is 24.1 Å². The summed E-state index contributed by atoms with van der Waals surface area (Å²) in [5.74, 6) is 0.171. The van der Waals surface area contributed by atoms with Crippen LogP contribution in [0.3, 0.4) is 0 Å². The summed E-state index contributed by atoms with van der Waals surface area (Å²) in [6, 6.07) is 33.7. The van der Waals surface area contributed by atoms with Gasteiger partial charge in [-0.25, -0.2) is 11.6 Å². The van der Waals surface area contributed by atoms with Gasteiger partial charge in [-0.05, 0) is 107 Å². The van der Waals surface area contributed by atoms with E-state index in [1.807, 2.05) is 125 Å². The van der Waals surface area contributed by atoms with E-state index in [1.54, 1.807) is 52.5 Å². The number of ether oxygens (including phenoxy) is 5. The van der Waals surface area contributed by atoms with Crippen molar-refractivity contribution in [3.63, 3.8) is 0 Å². The SMILES string of the molecule is [C-]#[N+]CCOP(=S)(OC[C@H]1O[C@@H](n2ccc3ccccc3c2=O)[C@H](O[Si](C)(C)C(C)(C)C)[C@@H]1O[P+](=O)O)O[C@@H]1[C@H](O[Si](C)(C)C(C)(C)C)[C@@H](COC(c2ccccc2)(c2ccc(OC)cc2)c2ccc(OC)cc2)O[C@H]1n1cnc2c(=O)[nH]c(NC(=O)C(C)C)nc21. The highest BCUT2D eigenvalue weighted by molar-refractivity contribution is 8.07. The molecule has 28 heteroatoms. The Morgan fingerprint density at radius 2 is 1.33 bits per heavy atom. The molecule has 4 aromatic carbocycles. The summed E-state index contributed by atoms with van der Waals surface area (Å²) in [6.45, 7) is 26.1. The van der Waals surface area contributed by atoms with E-state index in [0.717, 1.165) is 16.7 Å². The molecule has 0 bridgehead atoms. The number of methoxy groups -OCH3 is 2. The van der Waals surface area contributed by atoms with Crippen molar-refractivity contribution in [3.05, 3.63) is 171 Å². The lowest BCUT2D eigenvalue weighted by atomic mass is 9.80. The molecule has 3 N–H and O–H groups in total. The van der Waals surface area contributed by atoms with Crippen LogP contribution in [0.4, 0.5) is 5.95 Å². The molecule has 0 radical (unpaired) electrons. The van der Waals surface area contributed by atoms with Crippen LogP contribution in [-0.4, -0.2) is 129 Å². The van der Waals surface area contributed by atoms with Crippen LogP contribution in [0.15, 0.2) is 131 Å². The number of H-pyrrole nitrogens is 1. The molecule has 0 aliphatic carbocycles. The van der Waals surface area contributed by atoms with Gasteiger partial charge >= 0.3 is 15.0 Å². The van der Waals surface area contributed by atoms with Crippen LogP contribution < -0.4 is 25.9 Å². The molecule has 492 valence electrons. The van der Waals surface area contributed by atoms with E-state index in [2.05, 4.69) is 54.0 Å². The lowest BCUT2D eigenvalue weighted by Gasteiger charge is -2.42. The van der Waals surface area contributed by atoms with Gasteiger partial charge in [0.25, 0.3) is 11.1 Å².